The summed E-state index contributed by atoms with van der Waals surface area (Å²) in [5.41, 5.74) is 0.0123. The van der Waals surface area contributed by atoms with Crippen molar-refractivity contribution in [2.45, 2.75) is 6.92 Å². The van der Waals surface area contributed by atoms with Gasteiger partial charge in [0.2, 0.25) is 5.95 Å². The van der Waals surface area contributed by atoms with E-state index < -0.39 is 11.9 Å². The van der Waals surface area contributed by atoms with Crippen LogP contribution in [0.3, 0.4) is 0 Å². The van der Waals surface area contributed by atoms with Crippen molar-refractivity contribution in [1.82, 2.24) is 9.97 Å². The Labute approximate surface area is 68.4 Å². The first-order valence-corrected chi connectivity index (χ1v) is 3.38. The van der Waals surface area contributed by atoms with E-state index in [4.69, 9.17) is 0 Å². The molecular weight excluding hydrogens is 163 g/mol. The number of ether oxygens (including phenoxy) is 1. The molecule has 5 heteroatoms. The van der Waals surface area contributed by atoms with Gasteiger partial charge in [0.1, 0.15) is 0 Å². The molecule has 0 bridgehead atoms. The standard InChI is InChI=1S/C7H7FN2O2/c1-2-12-7(11)5-3-10-6(8)4-9-5/h3-4H,2H2,1H3. The Morgan fingerprint density at radius 1 is 1.58 bits per heavy atom. The molecule has 0 saturated carbocycles. The Hall–Kier alpha value is -1.52. The van der Waals surface area contributed by atoms with Gasteiger partial charge in [-0.25, -0.2) is 14.8 Å². The Morgan fingerprint density at radius 2 is 2.33 bits per heavy atom. The third kappa shape index (κ3) is 1.98. The second-order valence-electron chi connectivity index (χ2n) is 1.94. The van der Waals surface area contributed by atoms with E-state index in [0.29, 0.717) is 0 Å². The molecular formula is C7H7FN2O2. The van der Waals surface area contributed by atoms with Crippen LogP contribution in [0.15, 0.2) is 12.4 Å². The summed E-state index contributed by atoms with van der Waals surface area (Å²) in [4.78, 5) is 17.6. The van der Waals surface area contributed by atoms with Crippen molar-refractivity contribution < 1.29 is 13.9 Å². The van der Waals surface area contributed by atoms with Gasteiger partial charge in [0.15, 0.2) is 5.69 Å². The fourth-order valence-electron chi connectivity index (χ4n) is 0.623. The number of esters is 1. The van der Waals surface area contributed by atoms with Crippen LogP contribution >= 0.6 is 0 Å². The zero-order chi connectivity index (χ0) is 8.97. The van der Waals surface area contributed by atoms with Crippen LogP contribution in [0.5, 0.6) is 0 Å². The smallest absolute Gasteiger partial charge is 0.358 e. The predicted octanol–water partition coefficient (Wildman–Crippen LogP) is 0.792. The first-order chi connectivity index (χ1) is 5.74. The summed E-state index contributed by atoms with van der Waals surface area (Å²) in [6, 6.07) is 0. The normalized spacial score (nSPS) is 9.50. The third-order valence-electron chi connectivity index (χ3n) is 1.10. The molecule has 4 nitrogen and oxygen atoms in total. The van der Waals surface area contributed by atoms with Crippen molar-refractivity contribution in [3.63, 3.8) is 0 Å². The van der Waals surface area contributed by atoms with E-state index in [1.807, 2.05) is 0 Å². The molecule has 64 valence electrons. The molecule has 1 aromatic heterocycles. The zero-order valence-electron chi connectivity index (χ0n) is 6.45. The van der Waals surface area contributed by atoms with Crippen LogP contribution in [-0.2, 0) is 4.74 Å². The molecule has 0 aromatic carbocycles. The minimum Gasteiger partial charge on any atom is -0.461 e. The topological polar surface area (TPSA) is 52.1 Å². The lowest BCUT2D eigenvalue weighted by atomic mass is 10.4. The number of carbonyl (C=O) groups excluding carboxylic acids is 1. The molecule has 0 spiro atoms. The first kappa shape index (κ1) is 8.58. The fourth-order valence-corrected chi connectivity index (χ4v) is 0.623. The average Bonchev–Trinajstić information content (AvgIpc) is 2.06. The lowest BCUT2D eigenvalue weighted by Crippen LogP contribution is -2.07. The summed E-state index contributed by atoms with van der Waals surface area (Å²) in [6.45, 7) is 1.94. The Bertz CT molecular complexity index is 273. The van der Waals surface area contributed by atoms with Crippen molar-refractivity contribution in [2.75, 3.05) is 6.61 Å². The summed E-state index contributed by atoms with van der Waals surface area (Å²) in [7, 11) is 0. The molecule has 0 saturated heterocycles. The summed E-state index contributed by atoms with van der Waals surface area (Å²) in [6.07, 6.45) is 1.90. The summed E-state index contributed by atoms with van der Waals surface area (Å²) >= 11 is 0. The van der Waals surface area contributed by atoms with Crippen molar-refractivity contribution in [1.29, 1.82) is 0 Å². The lowest BCUT2D eigenvalue weighted by Gasteiger charge is -1.98. The highest BCUT2D eigenvalue weighted by molar-refractivity contribution is 5.86. The van der Waals surface area contributed by atoms with Crippen LogP contribution in [0, 0.1) is 5.95 Å². The third-order valence-corrected chi connectivity index (χ3v) is 1.10. The quantitative estimate of drug-likeness (QED) is 0.616. The molecule has 0 aliphatic carbocycles. The van der Waals surface area contributed by atoms with Gasteiger partial charge in [-0.05, 0) is 6.92 Å². The lowest BCUT2D eigenvalue weighted by molar-refractivity contribution is 0.0518. The number of hydrogen-bond donors (Lipinski definition) is 0. The van der Waals surface area contributed by atoms with Crippen molar-refractivity contribution >= 4 is 5.97 Å². The highest BCUT2D eigenvalue weighted by Gasteiger charge is 2.07. The molecule has 0 atom stereocenters. The number of nitrogens with zero attached hydrogens (tertiary/aromatic N) is 2. The van der Waals surface area contributed by atoms with Crippen LogP contribution in [-0.4, -0.2) is 22.5 Å². The maximum Gasteiger partial charge on any atom is 0.358 e. The minimum absolute atomic E-state index is 0.0123. The van der Waals surface area contributed by atoms with Gasteiger partial charge in [-0.3, -0.25) is 0 Å². The van der Waals surface area contributed by atoms with Gasteiger partial charge in [-0.1, -0.05) is 0 Å². The maximum atomic E-state index is 12.2. The minimum atomic E-state index is -0.719. The number of rotatable bonds is 2. The van der Waals surface area contributed by atoms with E-state index in [0.717, 1.165) is 12.4 Å². The van der Waals surface area contributed by atoms with Gasteiger partial charge < -0.3 is 4.74 Å². The van der Waals surface area contributed by atoms with Crippen LogP contribution in [0.1, 0.15) is 17.4 Å². The SMILES string of the molecule is CCOC(=O)c1cnc(F)cn1. The second-order valence-corrected chi connectivity index (χ2v) is 1.94. The highest BCUT2D eigenvalue weighted by Crippen LogP contribution is 1.96. The van der Waals surface area contributed by atoms with E-state index in [9.17, 15) is 9.18 Å². The van der Waals surface area contributed by atoms with E-state index >= 15 is 0 Å². The van der Waals surface area contributed by atoms with Crippen LogP contribution in [0.2, 0.25) is 0 Å². The largest absolute Gasteiger partial charge is 0.461 e. The fraction of sp³-hybridized carbons (Fsp3) is 0.286. The maximum absolute atomic E-state index is 12.2. The number of aromatic nitrogens is 2. The average molecular weight is 170 g/mol. The van der Waals surface area contributed by atoms with E-state index in [2.05, 4.69) is 14.7 Å². The Balaban J connectivity index is 2.75. The van der Waals surface area contributed by atoms with Gasteiger partial charge in [0.05, 0.1) is 19.0 Å². The molecule has 0 fully saturated rings. The van der Waals surface area contributed by atoms with Gasteiger partial charge >= 0.3 is 5.97 Å². The number of hydrogen-bond acceptors (Lipinski definition) is 4. The van der Waals surface area contributed by atoms with E-state index in [1.165, 1.54) is 0 Å². The van der Waals surface area contributed by atoms with Crippen molar-refractivity contribution in [3.05, 3.63) is 24.0 Å². The highest BCUT2D eigenvalue weighted by atomic mass is 19.1. The summed E-state index contributed by atoms with van der Waals surface area (Å²) in [5, 5.41) is 0. The number of carbonyl (C=O) groups is 1. The molecule has 1 aromatic rings. The van der Waals surface area contributed by atoms with Crippen LogP contribution in [0.4, 0.5) is 4.39 Å². The van der Waals surface area contributed by atoms with Crippen LogP contribution < -0.4 is 0 Å². The molecule has 0 amide bonds. The monoisotopic (exact) mass is 170 g/mol. The second kappa shape index (κ2) is 3.75. The molecule has 0 unspecified atom stereocenters. The van der Waals surface area contributed by atoms with E-state index in [1.54, 1.807) is 6.92 Å². The molecule has 0 aliphatic heterocycles. The first-order valence-electron chi connectivity index (χ1n) is 3.38. The van der Waals surface area contributed by atoms with Crippen LogP contribution in [0.25, 0.3) is 0 Å². The molecule has 0 aliphatic rings. The van der Waals surface area contributed by atoms with Gasteiger partial charge in [0, 0.05) is 0 Å². The van der Waals surface area contributed by atoms with Gasteiger partial charge in [0.25, 0.3) is 0 Å². The zero-order valence-corrected chi connectivity index (χ0v) is 6.45. The summed E-state index contributed by atoms with van der Waals surface area (Å²) < 4.78 is 16.8. The van der Waals surface area contributed by atoms with Gasteiger partial charge in [-0.15, -0.1) is 0 Å². The Kier molecular flexibility index (Phi) is 2.68. The van der Waals surface area contributed by atoms with Crippen molar-refractivity contribution in [3.8, 4) is 0 Å². The molecule has 0 radical (unpaired) electrons. The molecule has 1 rings (SSSR count). The van der Waals surface area contributed by atoms with Crippen molar-refractivity contribution in [2.24, 2.45) is 0 Å². The molecule has 0 N–H and O–H groups in total. The Morgan fingerprint density at radius 3 is 2.83 bits per heavy atom. The molecule has 12 heavy (non-hydrogen) atoms. The van der Waals surface area contributed by atoms with Gasteiger partial charge in [-0.2, -0.15) is 4.39 Å². The molecule has 1 heterocycles. The summed E-state index contributed by atoms with van der Waals surface area (Å²) in [5.74, 6) is -1.31. The predicted molar refractivity (Wildman–Crippen MR) is 37.9 cm³/mol. The number of halogens is 1. The van der Waals surface area contributed by atoms with E-state index in [-0.39, 0.29) is 12.3 Å².